The normalized spacial score (nSPS) is 14.0. The van der Waals surface area contributed by atoms with Crippen LogP contribution in [-0.4, -0.2) is 0 Å². The average Bonchev–Trinajstić information content (AvgIpc) is 2.15. The van der Waals surface area contributed by atoms with Crippen molar-refractivity contribution in [2.75, 3.05) is 0 Å². The Morgan fingerprint density at radius 3 is 2.40 bits per heavy atom. The third-order valence-electron chi connectivity index (χ3n) is 2.44. The molecular formula is C11H14F3N. The largest absolute Gasteiger partial charge is 0.416 e. The van der Waals surface area contributed by atoms with Gasteiger partial charge in [0.05, 0.1) is 5.56 Å². The first kappa shape index (κ1) is 12.0. The fraction of sp³-hybridized carbons (Fsp3) is 0.455. The van der Waals surface area contributed by atoms with Gasteiger partial charge in [-0.3, -0.25) is 0 Å². The van der Waals surface area contributed by atoms with E-state index in [1.165, 1.54) is 13.0 Å². The zero-order valence-corrected chi connectivity index (χ0v) is 8.73. The fourth-order valence-electron chi connectivity index (χ4n) is 1.41. The number of aryl methyl sites for hydroxylation is 1. The monoisotopic (exact) mass is 217 g/mol. The molecule has 0 spiro atoms. The number of nitrogens with two attached hydrogens (primary N) is 1. The number of halogens is 3. The van der Waals surface area contributed by atoms with E-state index < -0.39 is 11.7 Å². The van der Waals surface area contributed by atoms with Crippen molar-refractivity contribution in [2.24, 2.45) is 5.73 Å². The molecule has 0 saturated carbocycles. The molecule has 0 aromatic heterocycles. The van der Waals surface area contributed by atoms with Gasteiger partial charge in [0.2, 0.25) is 0 Å². The van der Waals surface area contributed by atoms with Crippen molar-refractivity contribution in [3.05, 3.63) is 34.9 Å². The molecule has 1 nitrogen and oxygen atoms in total. The molecule has 0 fully saturated rings. The first-order valence-corrected chi connectivity index (χ1v) is 4.79. The number of alkyl halides is 3. The minimum Gasteiger partial charge on any atom is -0.324 e. The molecule has 0 aliphatic rings. The van der Waals surface area contributed by atoms with Gasteiger partial charge < -0.3 is 5.73 Å². The van der Waals surface area contributed by atoms with Crippen LogP contribution in [0.3, 0.4) is 0 Å². The van der Waals surface area contributed by atoms with Gasteiger partial charge in [0.1, 0.15) is 0 Å². The number of hydrogen-bond acceptors (Lipinski definition) is 1. The summed E-state index contributed by atoms with van der Waals surface area (Å²) in [6.45, 7) is 3.29. The van der Waals surface area contributed by atoms with Crippen LogP contribution in [0.2, 0.25) is 0 Å². The minimum absolute atomic E-state index is 0.231. The molecule has 0 aliphatic heterocycles. The van der Waals surface area contributed by atoms with Crippen molar-refractivity contribution in [2.45, 2.75) is 32.5 Å². The van der Waals surface area contributed by atoms with Gasteiger partial charge in [0, 0.05) is 6.04 Å². The van der Waals surface area contributed by atoms with Crippen LogP contribution in [0.15, 0.2) is 18.2 Å². The van der Waals surface area contributed by atoms with E-state index in [1.54, 1.807) is 6.07 Å². The summed E-state index contributed by atoms with van der Waals surface area (Å²) in [5, 5.41) is 0. The van der Waals surface area contributed by atoms with Crippen LogP contribution in [0, 0.1) is 6.92 Å². The molecule has 0 aliphatic carbocycles. The van der Waals surface area contributed by atoms with E-state index in [0.717, 1.165) is 6.07 Å². The van der Waals surface area contributed by atoms with Gasteiger partial charge in [-0.1, -0.05) is 19.1 Å². The van der Waals surface area contributed by atoms with Crippen molar-refractivity contribution >= 4 is 0 Å². The molecule has 0 bridgehead atoms. The summed E-state index contributed by atoms with van der Waals surface area (Å²) in [4.78, 5) is 0. The zero-order valence-electron chi connectivity index (χ0n) is 8.73. The molecule has 1 aromatic carbocycles. The van der Waals surface area contributed by atoms with E-state index in [9.17, 15) is 13.2 Å². The van der Waals surface area contributed by atoms with E-state index in [4.69, 9.17) is 5.73 Å². The van der Waals surface area contributed by atoms with Gasteiger partial charge in [0.15, 0.2) is 0 Å². The van der Waals surface area contributed by atoms with Crippen LogP contribution in [0.1, 0.15) is 36.1 Å². The third kappa shape index (κ3) is 2.72. The predicted octanol–water partition coefficient (Wildman–Crippen LogP) is 3.42. The molecule has 0 saturated heterocycles. The van der Waals surface area contributed by atoms with Crippen LogP contribution in [-0.2, 0) is 6.18 Å². The molecule has 0 heterocycles. The summed E-state index contributed by atoms with van der Waals surface area (Å²) < 4.78 is 37.7. The summed E-state index contributed by atoms with van der Waals surface area (Å²) in [5.41, 5.74) is 5.86. The van der Waals surface area contributed by atoms with E-state index in [2.05, 4.69) is 0 Å². The molecule has 84 valence electrons. The highest BCUT2D eigenvalue weighted by molar-refractivity contribution is 5.34. The lowest BCUT2D eigenvalue weighted by Crippen LogP contribution is -2.13. The molecule has 0 unspecified atom stereocenters. The molecule has 15 heavy (non-hydrogen) atoms. The Kier molecular flexibility index (Phi) is 3.39. The summed E-state index contributed by atoms with van der Waals surface area (Å²) in [5.74, 6) is 0. The highest BCUT2D eigenvalue weighted by Crippen LogP contribution is 2.33. The molecule has 1 rings (SSSR count). The SMILES string of the molecule is CC[C@H](N)c1ccc(C)c(C(F)(F)F)c1. The zero-order chi connectivity index (χ0) is 11.6. The summed E-state index contributed by atoms with van der Waals surface area (Å²) in [7, 11) is 0. The Morgan fingerprint density at radius 1 is 1.33 bits per heavy atom. The maximum atomic E-state index is 12.6. The van der Waals surface area contributed by atoms with E-state index in [0.29, 0.717) is 12.0 Å². The lowest BCUT2D eigenvalue weighted by molar-refractivity contribution is -0.138. The third-order valence-corrected chi connectivity index (χ3v) is 2.44. The smallest absolute Gasteiger partial charge is 0.324 e. The molecule has 4 heteroatoms. The summed E-state index contributed by atoms with van der Waals surface area (Å²) in [6.07, 6.45) is -3.67. The van der Waals surface area contributed by atoms with Crippen molar-refractivity contribution in [1.82, 2.24) is 0 Å². The van der Waals surface area contributed by atoms with Crippen LogP contribution >= 0.6 is 0 Å². The van der Waals surface area contributed by atoms with Crippen molar-refractivity contribution < 1.29 is 13.2 Å². The Morgan fingerprint density at radius 2 is 1.93 bits per heavy atom. The van der Waals surface area contributed by atoms with Gasteiger partial charge in [-0.25, -0.2) is 0 Å². The van der Waals surface area contributed by atoms with Gasteiger partial charge in [0.25, 0.3) is 0 Å². The first-order valence-electron chi connectivity index (χ1n) is 4.79. The quantitative estimate of drug-likeness (QED) is 0.807. The molecule has 0 amide bonds. The summed E-state index contributed by atoms with van der Waals surface area (Å²) >= 11 is 0. The van der Waals surface area contributed by atoms with Crippen LogP contribution in [0.4, 0.5) is 13.2 Å². The van der Waals surface area contributed by atoms with E-state index >= 15 is 0 Å². The van der Waals surface area contributed by atoms with Crippen molar-refractivity contribution in [1.29, 1.82) is 0 Å². The van der Waals surface area contributed by atoms with E-state index in [-0.39, 0.29) is 11.6 Å². The number of benzene rings is 1. The summed E-state index contributed by atoms with van der Waals surface area (Å²) in [6, 6.07) is 3.93. The fourth-order valence-corrected chi connectivity index (χ4v) is 1.41. The lowest BCUT2D eigenvalue weighted by atomic mass is 9.99. The standard InChI is InChI=1S/C11H14F3N/c1-3-10(15)8-5-4-7(2)9(6-8)11(12,13)14/h4-6,10H,3,15H2,1-2H3/t10-/m0/s1. The minimum atomic E-state index is -4.30. The van der Waals surface area contributed by atoms with Crippen LogP contribution in [0.5, 0.6) is 0 Å². The maximum Gasteiger partial charge on any atom is 0.416 e. The van der Waals surface area contributed by atoms with E-state index in [1.807, 2.05) is 6.92 Å². The maximum absolute atomic E-state index is 12.6. The first-order chi connectivity index (χ1) is 6.86. The Labute approximate surface area is 87.1 Å². The van der Waals surface area contributed by atoms with Gasteiger partial charge in [-0.2, -0.15) is 13.2 Å². The molecular weight excluding hydrogens is 203 g/mol. The molecule has 1 atom stereocenters. The molecule has 1 aromatic rings. The Hall–Kier alpha value is -1.03. The van der Waals surface area contributed by atoms with Crippen LogP contribution in [0.25, 0.3) is 0 Å². The second kappa shape index (κ2) is 4.23. The topological polar surface area (TPSA) is 26.0 Å². The number of hydrogen-bond donors (Lipinski definition) is 1. The van der Waals surface area contributed by atoms with Crippen molar-refractivity contribution in [3.63, 3.8) is 0 Å². The second-order valence-electron chi connectivity index (χ2n) is 3.59. The Bertz CT molecular complexity index is 344. The number of rotatable bonds is 2. The Balaban J connectivity index is 3.17. The van der Waals surface area contributed by atoms with Crippen LogP contribution < -0.4 is 5.73 Å². The highest BCUT2D eigenvalue weighted by Gasteiger charge is 2.32. The van der Waals surface area contributed by atoms with Gasteiger partial charge >= 0.3 is 6.18 Å². The lowest BCUT2D eigenvalue weighted by Gasteiger charge is -2.15. The average molecular weight is 217 g/mol. The van der Waals surface area contributed by atoms with Gasteiger partial charge in [-0.15, -0.1) is 0 Å². The van der Waals surface area contributed by atoms with Gasteiger partial charge in [-0.05, 0) is 30.5 Å². The van der Waals surface area contributed by atoms with Crippen molar-refractivity contribution in [3.8, 4) is 0 Å². The molecule has 0 radical (unpaired) electrons. The predicted molar refractivity (Wildman–Crippen MR) is 53.4 cm³/mol. The highest BCUT2D eigenvalue weighted by atomic mass is 19.4. The second-order valence-corrected chi connectivity index (χ2v) is 3.59. The molecule has 2 N–H and O–H groups in total.